The summed E-state index contributed by atoms with van der Waals surface area (Å²) in [6, 6.07) is 12.1. The molecule has 0 unspecified atom stereocenters. The van der Waals surface area contributed by atoms with E-state index in [1.807, 2.05) is 33.8 Å². The van der Waals surface area contributed by atoms with Crippen molar-refractivity contribution >= 4 is 28.6 Å². The van der Waals surface area contributed by atoms with Crippen molar-refractivity contribution in [2.24, 2.45) is 10.9 Å². The van der Waals surface area contributed by atoms with Crippen molar-refractivity contribution in [3.63, 3.8) is 0 Å². The zero-order chi connectivity index (χ0) is 25.3. The highest BCUT2D eigenvalue weighted by Crippen LogP contribution is 2.14. The van der Waals surface area contributed by atoms with Crippen molar-refractivity contribution in [3.05, 3.63) is 86.8 Å². The highest BCUT2D eigenvalue weighted by Gasteiger charge is 2.21. The van der Waals surface area contributed by atoms with Gasteiger partial charge in [0.2, 0.25) is 0 Å². The molecule has 0 saturated heterocycles. The minimum Gasteiger partial charge on any atom is -0.462 e. The first-order chi connectivity index (χ1) is 16.7. The lowest BCUT2D eigenvalue weighted by atomic mass is 10.1. The highest BCUT2D eigenvalue weighted by atomic mass is 16.5. The first-order valence-electron chi connectivity index (χ1n) is 11.6. The maximum absolute atomic E-state index is 13.3. The van der Waals surface area contributed by atoms with E-state index >= 15 is 0 Å². The third kappa shape index (κ3) is 4.64. The smallest absolute Gasteiger partial charge is 0.341 e. The molecule has 0 N–H and O–H groups in total. The summed E-state index contributed by atoms with van der Waals surface area (Å²) in [6.07, 6.45) is 1.63. The molecule has 0 saturated carbocycles. The van der Waals surface area contributed by atoms with Crippen LogP contribution in [0, 0.1) is 19.8 Å². The molecule has 35 heavy (non-hydrogen) atoms. The molecule has 1 aromatic carbocycles. The van der Waals surface area contributed by atoms with Gasteiger partial charge in [0.05, 0.1) is 12.0 Å². The van der Waals surface area contributed by atoms with Gasteiger partial charge in [-0.1, -0.05) is 26.0 Å². The quantitative estimate of drug-likeness (QED) is 0.325. The van der Waals surface area contributed by atoms with E-state index in [0.29, 0.717) is 23.4 Å². The molecule has 0 fully saturated rings. The lowest BCUT2D eigenvalue weighted by Gasteiger charge is -2.16. The zero-order valence-electron chi connectivity index (χ0n) is 20.5. The third-order valence-corrected chi connectivity index (χ3v) is 5.79. The average Bonchev–Trinajstić information content (AvgIpc) is 2.82. The summed E-state index contributed by atoms with van der Waals surface area (Å²) < 4.78 is 8.38. The fourth-order valence-corrected chi connectivity index (χ4v) is 3.93. The van der Waals surface area contributed by atoms with Crippen molar-refractivity contribution in [1.82, 2.24) is 14.0 Å². The predicted molar refractivity (Wildman–Crippen MR) is 134 cm³/mol. The first kappa shape index (κ1) is 24.1. The average molecular weight is 473 g/mol. The number of carbonyl (C=O) groups is 2. The molecule has 0 spiro atoms. The molecule has 0 atom stereocenters. The van der Waals surface area contributed by atoms with E-state index in [1.165, 1.54) is 10.5 Å². The second-order valence-corrected chi connectivity index (χ2v) is 8.91. The SMILES string of the molecule is CCOC(=O)c1cc2c(=O)n3ccccc3nc2n(CC(C)C)c1=NC(=O)c1ccc(C)c(C)c1. The Morgan fingerprint density at radius 2 is 1.86 bits per heavy atom. The Labute approximate surface area is 202 Å². The summed E-state index contributed by atoms with van der Waals surface area (Å²) >= 11 is 0. The van der Waals surface area contributed by atoms with Crippen LogP contribution in [0.25, 0.3) is 16.7 Å². The summed E-state index contributed by atoms with van der Waals surface area (Å²) in [5, 5.41) is 0.245. The number of pyridine rings is 2. The van der Waals surface area contributed by atoms with E-state index in [9.17, 15) is 14.4 Å². The molecule has 8 nitrogen and oxygen atoms in total. The number of aromatic nitrogens is 3. The predicted octanol–water partition coefficient (Wildman–Crippen LogP) is 3.84. The number of aryl methyl sites for hydroxylation is 2. The van der Waals surface area contributed by atoms with Crippen LogP contribution in [-0.4, -0.2) is 32.4 Å². The Balaban J connectivity index is 2.12. The summed E-state index contributed by atoms with van der Waals surface area (Å²) in [5.41, 5.74) is 3.10. The van der Waals surface area contributed by atoms with Gasteiger partial charge in [-0.3, -0.25) is 14.0 Å². The molecule has 0 bridgehead atoms. The van der Waals surface area contributed by atoms with Gasteiger partial charge in [0, 0.05) is 18.3 Å². The molecule has 4 rings (SSSR count). The van der Waals surface area contributed by atoms with Gasteiger partial charge in [0.15, 0.2) is 5.49 Å². The minimum atomic E-state index is -0.656. The topological polar surface area (TPSA) is 95.0 Å². The molecule has 1 amide bonds. The fourth-order valence-electron chi connectivity index (χ4n) is 3.93. The molecular weight excluding hydrogens is 444 g/mol. The van der Waals surface area contributed by atoms with E-state index < -0.39 is 11.9 Å². The number of amides is 1. The number of fused-ring (bicyclic) bond motifs is 2. The van der Waals surface area contributed by atoms with Gasteiger partial charge in [-0.05, 0) is 68.1 Å². The molecule has 8 heteroatoms. The van der Waals surface area contributed by atoms with Crippen LogP contribution < -0.4 is 11.0 Å². The Kier molecular flexibility index (Phi) is 6.64. The second-order valence-electron chi connectivity index (χ2n) is 8.91. The van der Waals surface area contributed by atoms with Crippen LogP contribution in [0.15, 0.2) is 58.4 Å². The minimum absolute atomic E-state index is 0.0481. The molecular formula is C27H28N4O4. The Morgan fingerprint density at radius 1 is 1.09 bits per heavy atom. The lowest BCUT2D eigenvalue weighted by Crippen LogP contribution is -2.33. The largest absolute Gasteiger partial charge is 0.462 e. The Bertz CT molecular complexity index is 1600. The van der Waals surface area contributed by atoms with Gasteiger partial charge < -0.3 is 9.30 Å². The van der Waals surface area contributed by atoms with Gasteiger partial charge in [-0.25, -0.2) is 9.78 Å². The Morgan fingerprint density at radius 3 is 2.54 bits per heavy atom. The number of esters is 1. The van der Waals surface area contributed by atoms with Crippen LogP contribution in [0.2, 0.25) is 0 Å². The molecule has 0 radical (unpaired) electrons. The number of benzene rings is 1. The first-order valence-corrected chi connectivity index (χ1v) is 11.6. The summed E-state index contributed by atoms with van der Waals surface area (Å²) in [7, 11) is 0. The van der Waals surface area contributed by atoms with Crippen LogP contribution in [0.1, 0.15) is 52.6 Å². The number of carbonyl (C=O) groups excluding carboxylic acids is 2. The van der Waals surface area contributed by atoms with E-state index in [1.54, 1.807) is 48.0 Å². The highest BCUT2D eigenvalue weighted by molar-refractivity contribution is 5.97. The van der Waals surface area contributed by atoms with E-state index in [2.05, 4.69) is 4.99 Å². The van der Waals surface area contributed by atoms with Crippen molar-refractivity contribution in [2.45, 2.75) is 41.2 Å². The number of hydrogen-bond donors (Lipinski definition) is 0. The van der Waals surface area contributed by atoms with Gasteiger partial charge in [0.25, 0.3) is 11.5 Å². The lowest BCUT2D eigenvalue weighted by molar-refractivity contribution is 0.0523. The molecule has 0 aliphatic rings. The molecule has 0 aliphatic heterocycles. The summed E-state index contributed by atoms with van der Waals surface area (Å²) in [5.74, 6) is -1.04. The maximum Gasteiger partial charge on any atom is 0.341 e. The van der Waals surface area contributed by atoms with Gasteiger partial charge in [0.1, 0.15) is 16.9 Å². The van der Waals surface area contributed by atoms with Crippen molar-refractivity contribution in [1.29, 1.82) is 0 Å². The van der Waals surface area contributed by atoms with Gasteiger partial charge in [-0.15, -0.1) is 0 Å². The summed E-state index contributed by atoms with van der Waals surface area (Å²) in [6.45, 7) is 10.1. The van der Waals surface area contributed by atoms with Crippen LogP contribution in [-0.2, 0) is 11.3 Å². The van der Waals surface area contributed by atoms with E-state index in [4.69, 9.17) is 9.72 Å². The zero-order valence-corrected chi connectivity index (χ0v) is 20.5. The molecule has 3 aromatic heterocycles. The standard InChI is InChI=1S/C27H28N4O4/c1-6-35-27(34)21-14-20-23(28-22-9-7-8-12-30(22)26(20)33)31(15-16(2)3)24(21)29-25(32)19-11-10-17(4)18(5)13-19/h7-14,16H,6,15H2,1-5H3. The third-order valence-electron chi connectivity index (χ3n) is 5.79. The second kappa shape index (κ2) is 9.66. The normalized spacial score (nSPS) is 12.0. The van der Waals surface area contributed by atoms with E-state index in [-0.39, 0.29) is 34.5 Å². The molecule has 3 heterocycles. The fraction of sp³-hybridized carbons (Fsp3) is 0.296. The van der Waals surface area contributed by atoms with Gasteiger partial charge in [-0.2, -0.15) is 4.99 Å². The number of rotatable bonds is 5. The van der Waals surface area contributed by atoms with Crippen molar-refractivity contribution < 1.29 is 14.3 Å². The number of ether oxygens (including phenoxy) is 1. The molecule has 0 aliphatic carbocycles. The van der Waals surface area contributed by atoms with Crippen molar-refractivity contribution in [3.8, 4) is 0 Å². The molecule has 4 aromatic rings. The summed E-state index contributed by atoms with van der Waals surface area (Å²) in [4.78, 5) is 48.7. The van der Waals surface area contributed by atoms with Gasteiger partial charge >= 0.3 is 5.97 Å². The van der Waals surface area contributed by atoms with Crippen LogP contribution in [0.3, 0.4) is 0 Å². The van der Waals surface area contributed by atoms with Crippen LogP contribution in [0.4, 0.5) is 0 Å². The monoisotopic (exact) mass is 472 g/mol. The van der Waals surface area contributed by atoms with Crippen LogP contribution in [0.5, 0.6) is 0 Å². The number of hydrogen-bond acceptors (Lipinski definition) is 5. The van der Waals surface area contributed by atoms with E-state index in [0.717, 1.165) is 11.1 Å². The Hall–Kier alpha value is -4.07. The maximum atomic E-state index is 13.3. The number of nitrogens with zero attached hydrogens (tertiary/aromatic N) is 4. The van der Waals surface area contributed by atoms with Crippen molar-refractivity contribution in [2.75, 3.05) is 6.61 Å². The van der Waals surface area contributed by atoms with Crippen LogP contribution >= 0.6 is 0 Å². The molecule has 180 valence electrons.